The number of rotatable bonds is 1. The van der Waals surface area contributed by atoms with Gasteiger partial charge in [-0.3, -0.25) is 10.1 Å². The fourth-order valence-corrected chi connectivity index (χ4v) is 3.15. The Morgan fingerprint density at radius 1 is 1.00 bits per heavy atom. The van der Waals surface area contributed by atoms with Crippen LogP contribution >= 0.6 is 0 Å². The van der Waals surface area contributed by atoms with Crippen molar-refractivity contribution in [3.63, 3.8) is 0 Å². The molecule has 7 heteroatoms. The second-order valence-electron chi connectivity index (χ2n) is 5.81. The second-order valence-corrected chi connectivity index (χ2v) is 5.81. The zero-order chi connectivity index (χ0) is 17.7. The van der Waals surface area contributed by atoms with Crippen LogP contribution in [0.1, 0.15) is 5.56 Å². The van der Waals surface area contributed by atoms with Crippen molar-refractivity contribution in [2.45, 2.75) is 6.92 Å². The molecule has 4 rings (SSSR count). The minimum absolute atomic E-state index is 0.128. The fourth-order valence-electron chi connectivity index (χ4n) is 3.15. The number of hydrogen-bond donors (Lipinski definition) is 1. The van der Waals surface area contributed by atoms with Crippen LogP contribution < -0.4 is 15.4 Å². The standard InChI is InChI=1S/C18H11N3O4/c1-10-7-8-19-15(9-10)20-17(22)12-4-2-3-11-14(21(24)25)6-5-13(16(11)12)18(20)23/h2-9H,1H3/p+1. The molecule has 25 heavy (non-hydrogen) atoms. The number of nitrogens with zero attached hydrogens (tertiary/aromatic N) is 2. The van der Waals surface area contributed by atoms with Gasteiger partial charge >= 0.3 is 11.1 Å². The van der Waals surface area contributed by atoms with Crippen molar-refractivity contribution >= 4 is 27.2 Å². The average molecular weight is 334 g/mol. The van der Waals surface area contributed by atoms with E-state index in [0.29, 0.717) is 10.9 Å². The number of benzene rings is 2. The summed E-state index contributed by atoms with van der Waals surface area (Å²) in [5.41, 5.74) is 0.103. The number of H-pyrrole nitrogens is 1. The number of nitro groups is 1. The predicted octanol–water partition coefficient (Wildman–Crippen LogP) is 1.78. The van der Waals surface area contributed by atoms with Crippen molar-refractivity contribution in [3.05, 3.63) is 90.5 Å². The summed E-state index contributed by atoms with van der Waals surface area (Å²) in [6.07, 6.45) is 1.65. The molecule has 122 valence electrons. The van der Waals surface area contributed by atoms with E-state index < -0.39 is 16.0 Å². The number of aromatic amines is 1. The first-order valence-electron chi connectivity index (χ1n) is 7.56. The summed E-state index contributed by atoms with van der Waals surface area (Å²) >= 11 is 0. The molecule has 0 saturated carbocycles. The van der Waals surface area contributed by atoms with Gasteiger partial charge in [-0.25, -0.2) is 14.6 Å². The first kappa shape index (κ1) is 14.9. The molecule has 7 nitrogen and oxygen atoms in total. The Morgan fingerprint density at radius 2 is 1.68 bits per heavy atom. The van der Waals surface area contributed by atoms with E-state index in [1.165, 1.54) is 12.1 Å². The summed E-state index contributed by atoms with van der Waals surface area (Å²) < 4.78 is 1.07. The molecule has 0 aliphatic carbocycles. The molecule has 1 N–H and O–H groups in total. The van der Waals surface area contributed by atoms with Crippen LogP contribution in [0.15, 0.2) is 58.3 Å². The highest BCUT2D eigenvalue weighted by molar-refractivity contribution is 6.12. The van der Waals surface area contributed by atoms with Crippen molar-refractivity contribution in [2.75, 3.05) is 0 Å². The summed E-state index contributed by atoms with van der Waals surface area (Å²) in [6.45, 7) is 1.86. The number of hydrogen-bond acceptors (Lipinski definition) is 4. The summed E-state index contributed by atoms with van der Waals surface area (Å²) in [5.74, 6) is 0. The molecule has 2 heterocycles. The van der Waals surface area contributed by atoms with Crippen LogP contribution in [0.4, 0.5) is 5.69 Å². The number of nitro benzene ring substituents is 1. The zero-order valence-corrected chi connectivity index (χ0v) is 13.1. The molecule has 0 amide bonds. The molecule has 0 spiro atoms. The van der Waals surface area contributed by atoms with Gasteiger partial charge in [0.1, 0.15) is 0 Å². The number of non-ortho nitro benzene ring substituents is 1. The van der Waals surface area contributed by atoms with Gasteiger partial charge in [-0.15, -0.1) is 4.24 Å². The minimum atomic E-state index is -0.515. The van der Waals surface area contributed by atoms with Gasteiger partial charge in [0.15, 0.2) is 0 Å². The van der Waals surface area contributed by atoms with Crippen molar-refractivity contribution in [2.24, 2.45) is 0 Å². The Labute approximate surface area is 139 Å². The molecule has 0 aliphatic heterocycles. The van der Waals surface area contributed by atoms with Gasteiger partial charge in [0.2, 0.25) is 0 Å². The molecule has 0 radical (unpaired) electrons. The third-order valence-electron chi connectivity index (χ3n) is 4.26. The predicted molar refractivity (Wildman–Crippen MR) is 91.8 cm³/mol. The molecule has 4 aromatic rings. The number of pyridine rings is 2. The SMILES string of the molecule is Cc1cc[nH]c(=[n+]2c(=O)c3cccc4c([N+](=O)[O-])ccc(c2=O)c43)c1. The van der Waals surface area contributed by atoms with Crippen LogP contribution in [0.5, 0.6) is 0 Å². The van der Waals surface area contributed by atoms with Crippen molar-refractivity contribution in [1.29, 1.82) is 0 Å². The molecule has 0 bridgehead atoms. The smallest absolute Gasteiger partial charge is 0.258 e. The summed E-state index contributed by atoms with van der Waals surface area (Å²) in [4.78, 5) is 39.5. The Balaban J connectivity index is 2.40. The van der Waals surface area contributed by atoms with Gasteiger partial charge in [-0.2, -0.15) is 0 Å². The van der Waals surface area contributed by atoms with Crippen LogP contribution in [0.2, 0.25) is 0 Å². The average Bonchev–Trinajstić information content (AvgIpc) is 2.59. The zero-order valence-electron chi connectivity index (χ0n) is 13.1. The lowest BCUT2D eigenvalue weighted by atomic mass is 10.0. The van der Waals surface area contributed by atoms with Gasteiger partial charge in [-0.05, 0) is 36.8 Å². The highest BCUT2D eigenvalue weighted by Gasteiger charge is 2.21. The number of aromatic nitrogens is 2. The Kier molecular flexibility index (Phi) is 3.11. The molecule has 2 aromatic heterocycles. The molecule has 2 aromatic carbocycles. The van der Waals surface area contributed by atoms with E-state index >= 15 is 0 Å². The monoisotopic (exact) mass is 334 g/mol. The van der Waals surface area contributed by atoms with Crippen LogP contribution in [0.25, 0.3) is 21.5 Å². The third-order valence-corrected chi connectivity index (χ3v) is 4.26. The number of nitrogens with one attached hydrogen (secondary N) is 1. The first-order valence-corrected chi connectivity index (χ1v) is 7.56. The summed E-state index contributed by atoms with van der Waals surface area (Å²) in [6, 6.07) is 10.9. The maximum atomic E-state index is 12.9. The third kappa shape index (κ3) is 2.09. The Hall–Kier alpha value is -3.61. The molecule has 0 aliphatic rings. The first-order chi connectivity index (χ1) is 12.0. The molecule has 0 atom stereocenters. The van der Waals surface area contributed by atoms with E-state index in [1.807, 2.05) is 13.0 Å². The quantitative estimate of drug-likeness (QED) is 0.326. The Morgan fingerprint density at radius 3 is 2.36 bits per heavy atom. The van der Waals surface area contributed by atoms with Crippen molar-refractivity contribution in [1.82, 2.24) is 4.98 Å². The normalized spacial score (nSPS) is 12.7. The van der Waals surface area contributed by atoms with Crippen LogP contribution in [0, 0.1) is 22.5 Å². The van der Waals surface area contributed by atoms with Crippen LogP contribution in [0.3, 0.4) is 0 Å². The molecular formula is C18H12N3O4+. The van der Waals surface area contributed by atoms with E-state index in [4.69, 9.17) is 0 Å². The fraction of sp³-hybridized carbons (Fsp3) is 0.0556. The van der Waals surface area contributed by atoms with Crippen molar-refractivity contribution < 1.29 is 9.17 Å². The van der Waals surface area contributed by atoms with Gasteiger partial charge in [-0.1, -0.05) is 6.07 Å². The van der Waals surface area contributed by atoms with E-state index in [2.05, 4.69) is 4.98 Å². The van der Waals surface area contributed by atoms with Gasteiger partial charge in [0.05, 0.1) is 27.3 Å². The van der Waals surface area contributed by atoms with Crippen molar-refractivity contribution in [3.8, 4) is 0 Å². The van der Waals surface area contributed by atoms with E-state index in [9.17, 15) is 19.7 Å². The maximum absolute atomic E-state index is 12.9. The van der Waals surface area contributed by atoms with E-state index in [1.54, 1.807) is 30.5 Å². The molecule has 0 unspecified atom stereocenters. The Bertz CT molecular complexity index is 1340. The topological polar surface area (TPSA) is 99.0 Å². The van der Waals surface area contributed by atoms with Crippen LogP contribution in [-0.4, -0.2) is 9.91 Å². The number of aryl methyl sites for hydroxylation is 1. The molecular weight excluding hydrogens is 322 g/mol. The lowest BCUT2D eigenvalue weighted by Crippen LogP contribution is -2.51. The maximum Gasteiger partial charge on any atom is 0.349 e. The van der Waals surface area contributed by atoms with E-state index in [-0.39, 0.29) is 21.8 Å². The van der Waals surface area contributed by atoms with Gasteiger partial charge in [0, 0.05) is 17.5 Å². The minimum Gasteiger partial charge on any atom is -0.258 e. The van der Waals surface area contributed by atoms with Crippen LogP contribution in [-0.2, 0) is 0 Å². The highest BCUT2D eigenvalue weighted by atomic mass is 16.6. The largest absolute Gasteiger partial charge is 0.349 e. The summed E-state index contributed by atoms with van der Waals surface area (Å²) in [5, 5.41) is 12.4. The van der Waals surface area contributed by atoms with Gasteiger partial charge < -0.3 is 0 Å². The second kappa shape index (κ2) is 5.20. The summed E-state index contributed by atoms with van der Waals surface area (Å²) in [7, 11) is 0. The molecule has 0 fully saturated rings. The highest BCUT2D eigenvalue weighted by Crippen LogP contribution is 2.29. The van der Waals surface area contributed by atoms with Gasteiger partial charge in [0.25, 0.3) is 11.2 Å². The lowest BCUT2D eigenvalue weighted by Gasteiger charge is -2.03. The van der Waals surface area contributed by atoms with E-state index in [0.717, 1.165) is 9.81 Å². The lowest BCUT2D eigenvalue weighted by molar-refractivity contribution is -0.542. The molecule has 0 saturated heterocycles.